The maximum Gasteiger partial charge on any atom is 0.243 e. The number of hydrogen-bond acceptors (Lipinski definition) is 2. The van der Waals surface area contributed by atoms with Crippen molar-refractivity contribution in [1.29, 1.82) is 0 Å². The summed E-state index contributed by atoms with van der Waals surface area (Å²) >= 11 is 0. The molecule has 1 aromatic carbocycles. The highest BCUT2D eigenvalue weighted by atomic mass is 16.1. The van der Waals surface area contributed by atoms with Crippen LogP contribution in [0, 0.1) is 0 Å². The normalized spacial score (nSPS) is 11.1. The topological polar surface area (TPSA) is 55.1 Å². The molecule has 17 heavy (non-hydrogen) atoms. The van der Waals surface area contributed by atoms with Crippen LogP contribution in [0.5, 0.6) is 0 Å². The lowest BCUT2D eigenvalue weighted by Gasteiger charge is -2.07. The summed E-state index contributed by atoms with van der Waals surface area (Å²) in [6, 6.07) is 8.29. The van der Waals surface area contributed by atoms with Gasteiger partial charge in [0, 0.05) is 19.2 Å². The van der Waals surface area contributed by atoms with Gasteiger partial charge in [-0.2, -0.15) is 0 Å². The van der Waals surface area contributed by atoms with E-state index in [9.17, 15) is 4.79 Å². The Morgan fingerprint density at radius 1 is 1.35 bits per heavy atom. The highest BCUT2D eigenvalue weighted by Crippen LogP contribution is 2.14. The van der Waals surface area contributed by atoms with E-state index in [1.54, 1.807) is 6.08 Å². The maximum atomic E-state index is 11.3. The van der Waals surface area contributed by atoms with Crippen molar-refractivity contribution in [2.75, 3.05) is 6.54 Å². The molecule has 3 N–H and O–H groups in total. The summed E-state index contributed by atoms with van der Waals surface area (Å²) in [6.45, 7) is 5.26. The maximum absolute atomic E-state index is 11.3. The largest absolute Gasteiger partial charge is 0.348 e. The van der Waals surface area contributed by atoms with E-state index in [2.05, 4.69) is 31.3 Å². The minimum Gasteiger partial charge on any atom is -0.348 e. The molecule has 0 atom stereocenters. The van der Waals surface area contributed by atoms with E-state index >= 15 is 0 Å². The van der Waals surface area contributed by atoms with Crippen LogP contribution in [0.2, 0.25) is 0 Å². The van der Waals surface area contributed by atoms with E-state index in [0.717, 1.165) is 5.56 Å². The molecule has 0 bridgehead atoms. The number of nitrogens with two attached hydrogens (primary N) is 1. The Morgan fingerprint density at radius 3 is 2.53 bits per heavy atom. The predicted octanol–water partition coefficient (Wildman–Crippen LogP) is 1.94. The molecule has 3 nitrogen and oxygen atoms in total. The zero-order valence-corrected chi connectivity index (χ0v) is 10.4. The second-order valence-electron chi connectivity index (χ2n) is 4.25. The molecule has 0 spiro atoms. The molecular weight excluding hydrogens is 212 g/mol. The summed E-state index contributed by atoms with van der Waals surface area (Å²) < 4.78 is 0. The molecule has 1 amide bonds. The Hall–Kier alpha value is -1.61. The molecule has 0 aromatic heterocycles. The molecule has 1 aromatic rings. The van der Waals surface area contributed by atoms with Gasteiger partial charge in [0.05, 0.1) is 0 Å². The van der Waals surface area contributed by atoms with Crippen molar-refractivity contribution in [1.82, 2.24) is 5.32 Å². The number of hydrogen-bond donors (Lipinski definition) is 2. The summed E-state index contributed by atoms with van der Waals surface area (Å²) in [5.74, 6) is 0.425. The van der Waals surface area contributed by atoms with Crippen LogP contribution in [-0.4, -0.2) is 12.5 Å². The average Bonchev–Trinajstić information content (AvgIpc) is 2.34. The van der Waals surface area contributed by atoms with Gasteiger partial charge in [-0.1, -0.05) is 44.2 Å². The third-order valence-corrected chi connectivity index (χ3v) is 2.52. The Morgan fingerprint density at radius 2 is 2.00 bits per heavy atom. The van der Waals surface area contributed by atoms with Gasteiger partial charge in [0.15, 0.2) is 0 Å². The molecule has 0 aliphatic heterocycles. The molecule has 0 saturated heterocycles. The molecule has 0 saturated carbocycles. The fraction of sp³-hybridized carbons (Fsp3) is 0.357. The predicted molar refractivity (Wildman–Crippen MR) is 70.6 cm³/mol. The van der Waals surface area contributed by atoms with Gasteiger partial charge < -0.3 is 11.1 Å². The van der Waals surface area contributed by atoms with Crippen LogP contribution in [-0.2, 0) is 11.3 Å². The van der Waals surface area contributed by atoms with E-state index < -0.39 is 0 Å². The second-order valence-corrected chi connectivity index (χ2v) is 4.25. The highest BCUT2D eigenvalue weighted by Gasteiger charge is 1.99. The molecule has 0 fully saturated rings. The third-order valence-electron chi connectivity index (χ3n) is 2.52. The summed E-state index contributed by atoms with van der Waals surface area (Å²) in [5.41, 5.74) is 7.67. The Balaban J connectivity index is 2.47. The van der Waals surface area contributed by atoms with Gasteiger partial charge in [-0.05, 0) is 17.0 Å². The van der Waals surface area contributed by atoms with Crippen molar-refractivity contribution in [3.05, 3.63) is 47.5 Å². The van der Waals surface area contributed by atoms with Gasteiger partial charge in [0.2, 0.25) is 5.91 Å². The van der Waals surface area contributed by atoms with Crippen LogP contribution in [0.25, 0.3) is 0 Å². The summed E-state index contributed by atoms with van der Waals surface area (Å²) in [4.78, 5) is 11.3. The Bertz CT molecular complexity index is 380. The van der Waals surface area contributed by atoms with E-state index in [-0.39, 0.29) is 5.91 Å². The van der Waals surface area contributed by atoms with Crippen molar-refractivity contribution >= 4 is 5.91 Å². The second kappa shape index (κ2) is 6.86. The van der Waals surface area contributed by atoms with E-state index in [1.807, 2.05) is 12.1 Å². The van der Waals surface area contributed by atoms with Crippen molar-refractivity contribution in [2.24, 2.45) is 5.73 Å². The van der Waals surface area contributed by atoms with Crippen molar-refractivity contribution in [2.45, 2.75) is 26.3 Å². The first kappa shape index (κ1) is 13.5. The molecule has 1 rings (SSSR count). The average molecular weight is 232 g/mol. The third kappa shape index (κ3) is 4.83. The number of carbonyl (C=O) groups is 1. The standard InChI is InChI=1S/C14H20N2O/c1-11(2)13-7-5-12(6-8-13)10-16-14(17)4-3-9-15/h3-8,11H,9-10,15H2,1-2H3,(H,16,17)/b4-3+. The zero-order chi connectivity index (χ0) is 12.7. The number of rotatable bonds is 5. The zero-order valence-electron chi connectivity index (χ0n) is 10.4. The first-order valence-corrected chi connectivity index (χ1v) is 5.86. The molecule has 3 heteroatoms. The van der Waals surface area contributed by atoms with Crippen LogP contribution in [0.3, 0.4) is 0 Å². The number of carbonyl (C=O) groups excluding carboxylic acids is 1. The van der Waals surface area contributed by atoms with Gasteiger partial charge in [-0.25, -0.2) is 0 Å². The van der Waals surface area contributed by atoms with Crippen LogP contribution >= 0.6 is 0 Å². The monoisotopic (exact) mass is 232 g/mol. The smallest absolute Gasteiger partial charge is 0.243 e. The first-order chi connectivity index (χ1) is 8.13. The van der Waals surface area contributed by atoms with Crippen LogP contribution in [0.4, 0.5) is 0 Å². The van der Waals surface area contributed by atoms with Gasteiger partial charge in [-0.3, -0.25) is 4.79 Å². The number of nitrogens with one attached hydrogen (secondary N) is 1. The lowest BCUT2D eigenvalue weighted by Crippen LogP contribution is -2.20. The molecule has 0 heterocycles. The molecular formula is C14H20N2O. The van der Waals surface area contributed by atoms with Crippen LogP contribution in [0.15, 0.2) is 36.4 Å². The molecule has 0 aliphatic rings. The van der Waals surface area contributed by atoms with E-state index in [0.29, 0.717) is 19.0 Å². The van der Waals surface area contributed by atoms with Gasteiger partial charge in [0.1, 0.15) is 0 Å². The van der Waals surface area contributed by atoms with Gasteiger partial charge >= 0.3 is 0 Å². The minimum atomic E-state index is -0.108. The van der Waals surface area contributed by atoms with Crippen molar-refractivity contribution < 1.29 is 4.79 Å². The number of amides is 1. The lowest BCUT2D eigenvalue weighted by molar-refractivity contribution is -0.116. The SMILES string of the molecule is CC(C)c1ccc(CNC(=O)/C=C/CN)cc1. The quantitative estimate of drug-likeness (QED) is 0.762. The molecule has 0 radical (unpaired) electrons. The fourth-order valence-corrected chi connectivity index (χ4v) is 1.44. The summed E-state index contributed by atoms with van der Waals surface area (Å²) in [5, 5.41) is 2.80. The Labute approximate surface area is 103 Å². The molecule has 0 unspecified atom stereocenters. The lowest BCUT2D eigenvalue weighted by atomic mass is 10.0. The van der Waals surface area contributed by atoms with Crippen molar-refractivity contribution in [3.63, 3.8) is 0 Å². The van der Waals surface area contributed by atoms with Crippen LogP contribution < -0.4 is 11.1 Å². The minimum absolute atomic E-state index is 0.108. The number of benzene rings is 1. The fourth-order valence-electron chi connectivity index (χ4n) is 1.44. The molecule has 0 aliphatic carbocycles. The van der Waals surface area contributed by atoms with Crippen LogP contribution in [0.1, 0.15) is 30.9 Å². The van der Waals surface area contributed by atoms with E-state index in [4.69, 9.17) is 5.73 Å². The Kier molecular flexibility index (Phi) is 5.43. The van der Waals surface area contributed by atoms with Gasteiger partial charge in [-0.15, -0.1) is 0 Å². The molecule has 92 valence electrons. The van der Waals surface area contributed by atoms with Gasteiger partial charge in [0.25, 0.3) is 0 Å². The summed E-state index contributed by atoms with van der Waals surface area (Å²) in [6.07, 6.45) is 3.10. The van der Waals surface area contributed by atoms with Crippen molar-refractivity contribution in [3.8, 4) is 0 Å². The first-order valence-electron chi connectivity index (χ1n) is 5.86. The van der Waals surface area contributed by atoms with E-state index in [1.165, 1.54) is 11.6 Å². The summed E-state index contributed by atoms with van der Waals surface area (Å²) in [7, 11) is 0. The highest BCUT2D eigenvalue weighted by molar-refractivity contribution is 5.87.